The van der Waals surface area contributed by atoms with Gasteiger partial charge in [0.25, 0.3) is 0 Å². The van der Waals surface area contributed by atoms with Crippen LogP contribution in [0.15, 0.2) is 48.9 Å². The molecule has 16 heteroatoms. The molecule has 2 saturated heterocycles. The number of benzene rings is 1. The minimum atomic E-state index is -1.59. The second-order valence-corrected chi connectivity index (χ2v) is 13.2. The number of ether oxygens (including phenoxy) is 2. The number of aliphatic hydroxyl groups excluding tert-OH is 3. The Hall–Kier alpha value is -3.41. The van der Waals surface area contributed by atoms with E-state index in [4.69, 9.17) is 9.47 Å². The summed E-state index contributed by atoms with van der Waals surface area (Å²) >= 11 is 0. The van der Waals surface area contributed by atoms with E-state index in [-0.39, 0.29) is 31.1 Å². The number of aliphatic hydroxyl groups is 3. The summed E-state index contributed by atoms with van der Waals surface area (Å²) in [7, 11) is 0.203. The molecule has 3 N–H and O–H groups in total. The normalized spacial score (nSPS) is 30.4. The van der Waals surface area contributed by atoms with Gasteiger partial charge in [-0.3, -0.25) is 4.98 Å². The predicted octanol–water partition coefficient (Wildman–Crippen LogP) is 1.31. The first-order valence-corrected chi connectivity index (χ1v) is 15.2. The van der Waals surface area contributed by atoms with Crippen molar-refractivity contribution in [3.8, 4) is 22.6 Å². The summed E-state index contributed by atoms with van der Waals surface area (Å²) < 4.78 is 55.7. The number of hydrogen-bond acceptors (Lipinski definition) is 10. The SMILES string of the molecule is CO[C@H]1C[SH]([C@@H]2COC[C@H](n3cc(-c4ccccn4)nn3)[C@H]2O)[C@H](CO)[C@H](O)[C@@H]1n1cc(-c2cc(F)c(F)c(F)c2)nn1. The molecule has 4 aromatic rings. The molecule has 3 aromatic heterocycles. The van der Waals surface area contributed by atoms with E-state index >= 15 is 0 Å². The molecular formula is C27H30F3N7O5S. The van der Waals surface area contributed by atoms with Gasteiger partial charge in [0.15, 0.2) is 17.5 Å². The molecule has 0 bridgehead atoms. The average Bonchev–Trinajstić information content (AvgIpc) is 3.71. The third kappa shape index (κ3) is 5.54. The van der Waals surface area contributed by atoms with E-state index in [1.54, 1.807) is 29.2 Å². The topological polar surface area (TPSA) is 153 Å². The number of thiol groups is 1. The molecule has 0 spiro atoms. The first kappa shape index (κ1) is 29.7. The van der Waals surface area contributed by atoms with Gasteiger partial charge in [-0.2, -0.15) is 0 Å². The van der Waals surface area contributed by atoms with Crippen molar-refractivity contribution in [1.29, 1.82) is 0 Å². The number of aromatic nitrogens is 7. The van der Waals surface area contributed by atoms with Crippen LogP contribution >= 0.6 is 10.9 Å². The third-order valence-electron chi connectivity index (χ3n) is 8.10. The summed E-state index contributed by atoms with van der Waals surface area (Å²) in [6.45, 7) is 0.0300. The summed E-state index contributed by atoms with van der Waals surface area (Å²) in [6.07, 6.45) is 2.01. The molecule has 2 aliphatic rings. The lowest BCUT2D eigenvalue weighted by Crippen LogP contribution is -2.55. The molecule has 5 heterocycles. The number of rotatable bonds is 7. The van der Waals surface area contributed by atoms with Crippen LogP contribution in [0.1, 0.15) is 12.1 Å². The molecule has 2 aliphatic heterocycles. The van der Waals surface area contributed by atoms with Gasteiger partial charge in [0, 0.05) is 35.1 Å². The van der Waals surface area contributed by atoms with Crippen molar-refractivity contribution in [3.05, 3.63) is 66.4 Å². The summed E-state index contributed by atoms with van der Waals surface area (Å²) in [5.41, 5.74) is 1.21. The van der Waals surface area contributed by atoms with E-state index in [1.165, 1.54) is 18.0 Å². The fourth-order valence-corrected chi connectivity index (χ4v) is 9.33. The Morgan fingerprint density at radius 2 is 1.70 bits per heavy atom. The number of pyridine rings is 1. The zero-order valence-corrected chi connectivity index (χ0v) is 23.8. The third-order valence-corrected chi connectivity index (χ3v) is 11.5. The van der Waals surface area contributed by atoms with Gasteiger partial charge in [-0.25, -0.2) is 33.4 Å². The molecule has 43 heavy (non-hydrogen) atoms. The quantitative estimate of drug-likeness (QED) is 0.176. The van der Waals surface area contributed by atoms with Crippen LogP contribution in [-0.4, -0.2) is 112 Å². The molecule has 6 rings (SSSR count). The predicted molar refractivity (Wildman–Crippen MR) is 149 cm³/mol. The highest BCUT2D eigenvalue weighted by atomic mass is 32.2. The number of methoxy groups -OCH3 is 1. The van der Waals surface area contributed by atoms with Crippen molar-refractivity contribution >= 4 is 10.9 Å². The Balaban J connectivity index is 1.24. The van der Waals surface area contributed by atoms with E-state index in [0.29, 0.717) is 17.1 Å². The Morgan fingerprint density at radius 3 is 2.40 bits per heavy atom. The van der Waals surface area contributed by atoms with Crippen molar-refractivity contribution in [2.24, 2.45) is 0 Å². The molecule has 2 fully saturated rings. The zero-order valence-electron chi connectivity index (χ0n) is 22.9. The van der Waals surface area contributed by atoms with Crippen LogP contribution in [0, 0.1) is 17.5 Å². The Morgan fingerprint density at radius 1 is 0.977 bits per heavy atom. The maximum absolute atomic E-state index is 13.8. The standard InChI is InChI=1S/C27H30F3N7O5S/c1-41-21-13-43(23-12-42-11-20(26(23)39)36-9-19(33-34-36)17-4-2-3-5-31-17)22(10-38)27(40)25(21)37-8-18(32-35-37)14-6-15(28)24(30)16(29)7-14/h2-9,20-23,25-27,38-40,43H,10-13H2,1H3/t20-,21-,22+,23+,25+,26+,27-/m0/s1. The van der Waals surface area contributed by atoms with Crippen LogP contribution in [0.25, 0.3) is 22.6 Å². The smallest absolute Gasteiger partial charge is 0.194 e. The number of nitrogens with zero attached hydrogens (tertiary/aromatic N) is 7. The fraction of sp³-hybridized carbons (Fsp3) is 0.444. The first-order valence-electron chi connectivity index (χ1n) is 13.5. The Kier molecular flexibility index (Phi) is 8.48. The molecule has 0 aliphatic carbocycles. The van der Waals surface area contributed by atoms with E-state index in [0.717, 1.165) is 12.1 Å². The summed E-state index contributed by atoms with van der Waals surface area (Å²) in [5, 5.41) is 48.9. The maximum Gasteiger partial charge on any atom is 0.194 e. The summed E-state index contributed by atoms with van der Waals surface area (Å²) in [4.78, 5) is 4.29. The van der Waals surface area contributed by atoms with Crippen LogP contribution in [0.2, 0.25) is 0 Å². The molecule has 1 aromatic carbocycles. The van der Waals surface area contributed by atoms with E-state index in [2.05, 4.69) is 25.6 Å². The largest absolute Gasteiger partial charge is 0.395 e. The van der Waals surface area contributed by atoms with Gasteiger partial charge in [-0.05, 0) is 24.3 Å². The van der Waals surface area contributed by atoms with Crippen LogP contribution in [0.5, 0.6) is 0 Å². The van der Waals surface area contributed by atoms with Crippen molar-refractivity contribution < 1.29 is 38.0 Å². The minimum absolute atomic E-state index is 0.0318. The second-order valence-electron chi connectivity index (χ2n) is 10.5. The molecule has 12 nitrogen and oxygen atoms in total. The fourth-order valence-electron chi connectivity index (χ4n) is 5.85. The van der Waals surface area contributed by atoms with Crippen LogP contribution in [-0.2, 0) is 9.47 Å². The van der Waals surface area contributed by atoms with Crippen LogP contribution in [0.3, 0.4) is 0 Å². The highest BCUT2D eigenvalue weighted by Crippen LogP contribution is 2.51. The summed E-state index contributed by atoms with van der Waals surface area (Å²) in [5.74, 6) is -3.95. The van der Waals surface area contributed by atoms with Crippen LogP contribution in [0.4, 0.5) is 13.2 Å². The van der Waals surface area contributed by atoms with E-state index < -0.39 is 69.2 Å². The van der Waals surface area contributed by atoms with Gasteiger partial charge in [0.2, 0.25) is 0 Å². The van der Waals surface area contributed by atoms with Gasteiger partial charge in [-0.1, -0.05) is 16.5 Å². The van der Waals surface area contributed by atoms with Gasteiger partial charge < -0.3 is 24.8 Å². The van der Waals surface area contributed by atoms with Gasteiger partial charge in [0.05, 0.1) is 56.2 Å². The Labute approximate surface area is 246 Å². The van der Waals surface area contributed by atoms with Gasteiger partial charge in [-0.15, -0.1) is 10.2 Å². The molecule has 8 atom stereocenters. The highest BCUT2D eigenvalue weighted by molar-refractivity contribution is 8.18. The lowest BCUT2D eigenvalue weighted by Gasteiger charge is -2.51. The van der Waals surface area contributed by atoms with Gasteiger partial charge >= 0.3 is 0 Å². The summed E-state index contributed by atoms with van der Waals surface area (Å²) in [6, 6.07) is 5.68. The molecule has 0 amide bonds. The first-order chi connectivity index (χ1) is 20.8. The van der Waals surface area contributed by atoms with E-state index in [9.17, 15) is 28.5 Å². The lowest BCUT2D eigenvalue weighted by molar-refractivity contribution is -0.0339. The van der Waals surface area contributed by atoms with Crippen molar-refractivity contribution in [1.82, 2.24) is 35.0 Å². The molecular weight excluding hydrogens is 591 g/mol. The van der Waals surface area contributed by atoms with Crippen LogP contribution < -0.4 is 0 Å². The van der Waals surface area contributed by atoms with Crippen molar-refractivity contribution in [2.75, 3.05) is 32.7 Å². The minimum Gasteiger partial charge on any atom is -0.395 e. The highest BCUT2D eigenvalue weighted by Gasteiger charge is 2.49. The Bertz CT molecular complexity index is 1540. The maximum atomic E-state index is 13.8. The van der Waals surface area contributed by atoms with Gasteiger partial charge in [0.1, 0.15) is 23.5 Å². The second kappa shape index (κ2) is 12.3. The average molecular weight is 622 g/mol. The number of halogens is 3. The van der Waals surface area contributed by atoms with Crippen molar-refractivity contribution in [2.45, 2.75) is 40.9 Å². The molecule has 0 saturated carbocycles. The van der Waals surface area contributed by atoms with Crippen molar-refractivity contribution in [3.63, 3.8) is 0 Å². The monoisotopic (exact) mass is 621 g/mol. The zero-order chi connectivity index (χ0) is 30.2. The molecule has 1 unspecified atom stereocenters. The lowest BCUT2D eigenvalue weighted by atomic mass is 10.0. The van der Waals surface area contributed by atoms with E-state index in [1.807, 2.05) is 6.07 Å². The molecule has 0 radical (unpaired) electrons. The number of hydrogen-bond donors (Lipinski definition) is 4. The molecule has 230 valence electrons.